The summed E-state index contributed by atoms with van der Waals surface area (Å²) in [6, 6.07) is 0. The molecule has 0 amide bonds. The second-order valence-corrected chi connectivity index (χ2v) is 4.21. The molecule has 0 saturated heterocycles. The van der Waals surface area contributed by atoms with Crippen LogP contribution >= 0.6 is 0 Å². The van der Waals surface area contributed by atoms with Crippen molar-refractivity contribution in [1.29, 1.82) is 0 Å². The van der Waals surface area contributed by atoms with Crippen molar-refractivity contribution in [1.82, 2.24) is 14.8 Å². The van der Waals surface area contributed by atoms with Gasteiger partial charge in [0.2, 0.25) is 5.78 Å². The molecule has 0 radical (unpaired) electrons. The van der Waals surface area contributed by atoms with Crippen LogP contribution in [-0.2, 0) is 7.05 Å². The monoisotopic (exact) mass is 181 g/mol. The fourth-order valence-corrected chi connectivity index (χ4v) is 0.940. The Morgan fingerprint density at radius 3 is 2.15 bits per heavy atom. The van der Waals surface area contributed by atoms with Gasteiger partial charge in [0, 0.05) is 12.5 Å². The van der Waals surface area contributed by atoms with E-state index in [1.807, 2.05) is 27.7 Å². The van der Waals surface area contributed by atoms with E-state index in [4.69, 9.17) is 0 Å². The van der Waals surface area contributed by atoms with Crippen molar-refractivity contribution in [2.24, 2.45) is 12.5 Å². The first-order chi connectivity index (χ1) is 5.84. The minimum Gasteiger partial charge on any atom is -0.312 e. The Bertz CT molecular complexity index is 333. The smallest absolute Gasteiger partial charge is 0.205 e. The normalized spacial score (nSPS) is 11.8. The van der Waals surface area contributed by atoms with E-state index in [9.17, 15) is 4.79 Å². The fourth-order valence-electron chi connectivity index (χ4n) is 0.940. The molecule has 0 aliphatic carbocycles. The molecule has 4 heteroatoms. The van der Waals surface area contributed by atoms with Crippen LogP contribution in [0.4, 0.5) is 0 Å². The molecule has 1 rings (SSSR count). The highest BCUT2D eigenvalue weighted by Gasteiger charge is 2.27. The average Bonchev–Trinajstić information content (AvgIpc) is 2.30. The van der Waals surface area contributed by atoms with E-state index in [1.165, 1.54) is 0 Å². The van der Waals surface area contributed by atoms with Crippen LogP contribution in [0.2, 0.25) is 0 Å². The van der Waals surface area contributed by atoms with E-state index < -0.39 is 5.41 Å². The van der Waals surface area contributed by atoms with Crippen LogP contribution in [0, 0.1) is 12.3 Å². The minimum atomic E-state index is -0.396. The number of ketones is 1. The number of carbonyl (C=O) groups is 1. The van der Waals surface area contributed by atoms with Crippen LogP contribution in [-0.4, -0.2) is 20.5 Å². The Kier molecular flexibility index (Phi) is 2.24. The number of hydrogen-bond donors (Lipinski definition) is 0. The highest BCUT2D eigenvalue weighted by molar-refractivity contribution is 5.96. The van der Waals surface area contributed by atoms with Crippen LogP contribution in [0.5, 0.6) is 0 Å². The lowest BCUT2D eigenvalue weighted by Crippen LogP contribution is -2.23. The van der Waals surface area contributed by atoms with Crippen molar-refractivity contribution in [2.75, 3.05) is 0 Å². The first-order valence-corrected chi connectivity index (χ1v) is 4.25. The summed E-state index contributed by atoms with van der Waals surface area (Å²) in [5.74, 6) is 1.22. The van der Waals surface area contributed by atoms with Gasteiger partial charge in [0.25, 0.3) is 0 Å². The second kappa shape index (κ2) is 2.94. The van der Waals surface area contributed by atoms with E-state index in [2.05, 4.69) is 10.2 Å². The summed E-state index contributed by atoms with van der Waals surface area (Å²) in [5.41, 5.74) is -0.396. The molecule has 0 atom stereocenters. The van der Waals surface area contributed by atoms with Crippen molar-refractivity contribution < 1.29 is 4.79 Å². The molecule has 0 bridgehead atoms. The Balaban J connectivity index is 3.10. The fraction of sp³-hybridized carbons (Fsp3) is 0.667. The van der Waals surface area contributed by atoms with Crippen LogP contribution in [0.1, 0.15) is 37.2 Å². The molecule has 0 saturated carbocycles. The summed E-state index contributed by atoms with van der Waals surface area (Å²) in [6.45, 7) is 7.45. The van der Waals surface area contributed by atoms with Crippen LogP contribution in [0.25, 0.3) is 0 Å². The Morgan fingerprint density at radius 2 is 1.85 bits per heavy atom. The van der Waals surface area contributed by atoms with Crippen molar-refractivity contribution in [3.8, 4) is 0 Å². The molecule has 0 N–H and O–H groups in total. The third kappa shape index (κ3) is 1.76. The third-order valence-electron chi connectivity index (χ3n) is 1.98. The summed E-state index contributed by atoms with van der Waals surface area (Å²) in [6.07, 6.45) is 0. The zero-order valence-electron chi connectivity index (χ0n) is 8.75. The molecule has 0 unspecified atom stereocenters. The average molecular weight is 181 g/mol. The van der Waals surface area contributed by atoms with Crippen molar-refractivity contribution in [3.63, 3.8) is 0 Å². The van der Waals surface area contributed by atoms with Gasteiger partial charge in [0.15, 0.2) is 5.82 Å². The summed E-state index contributed by atoms with van der Waals surface area (Å²) in [4.78, 5) is 11.8. The lowest BCUT2D eigenvalue weighted by atomic mass is 9.90. The van der Waals surface area contributed by atoms with Crippen molar-refractivity contribution in [3.05, 3.63) is 11.6 Å². The van der Waals surface area contributed by atoms with Gasteiger partial charge in [-0.1, -0.05) is 20.8 Å². The number of aryl methyl sites for hydroxylation is 1. The summed E-state index contributed by atoms with van der Waals surface area (Å²) in [7, 11) is 1.80. The molecular weight excluding hydrogens is 166 g/mol. The molecule has 0 aliphatic heterocycles. The minimum absolute atomic E-state index is 0.0237. The first kappa shape index (κ1) is 9.89. The third-order valence-corrected chi connectivity index (χ3v) is 1.98. The Labute approximate surface area is 78.0 Å². The van der Waals surface area contributed by atoms with Crippen LogP contribution < -0.4 is 0 Å². The molecule has 0 aliphatic rings. The van der Waals surface area contributed by atoms with Gasteiger partial charge in [-0.2, -0.15) is 0 Å². The van der Waals surface area contributed by atoms with E-state index in [-0.39, 0.29) is 5.78 Å². The topological polar surface area (TPSA) is 47.8 Å². The zero-order valence-corrected chi connectivity index (χ0v) is 8.75. The highest BCUT2D eigenvalue weighted by Crippen LogP contribution is 2.19. The Morgan fingerprint density at radius 1 is 1.31 bits per heavy atom. The molecule has 72 valence electrons. The number of aromatic nitrogens is 3. The molecule has 1 aromatic rings. The van der Waals surface area contributed by atoms with Crippen LogP contribution in [0.15, 0.2) is 0 Å². The number of nitrogens with zero attached hydrogens (tertiary/aromatic N) is 3. The molecule has 13 heavy (non-hydrogen) atoms. The van der Waals surface area contributed by atoms with E-state index in [0.29, 0.717) is 5.82 Å². The predicted molar refractivity (Wildman–Crippen MR) is 49.5 cm³/mol. The van der Waals surface area contributed by atoms with Gasteiger partial charge in [-0.05, 0) is 6.92 Å². The number of rotatable bonds is 1. The maximum Gasteiger partial charge on any atom is 0.205 e. The maximum absolute atomic E-state index is 11.8. The maximum atomic E-state index is 11.8. The van der Waals surface area contributed by atoms with Gasteiger partial charge >= 0.3 is 0 Å². The van der Waals surface area contributed by atoms with Gasteiger partial charge in [-0.3, -0.25) is 4.79 Å². The zero-order chi connectivity index (χ0) is 10.2. The lowest BCUT2D eigenvalue weighted by molar-refractivity contribution is 0.0843. The van der Waals surface area contributed by atoms with Crippen LogP contribution in [0.3, 0.4) is 0 Å². The summed E-state index contributed by atoms with van der Waals surface area (Å²) < 4.78 is 1.72. The van der Waals surface area contributed by atoms with Gasteiger partial charge in [-0.15, -0.1) is 10.2 Å². The first-order valence-electron chi connectivity index (χ1n) is 4.25. The molecule has 0 fully saturated rings. The molecule has 0 aromatic carbocycles. The van der Waals surface area contributed by atoms with Gasteiger partial charge < -0.3 is 4.57 Å². The Hall–Kier alpha value is -1.19. The lowest BCUT2D eigenvalue weighted by Gasteiger charge is -2.15. The molecule has 1 heterocycles. The van der Waals surface area contributed by atoms with Gasteiger partial charge in [-0.25, -0.2) is 0 Å². The van der Waals surface area contributed by atoms with Gasteiger partial charge in [0.1, 0.15) is 5.82 Å². The van der Waals surface area contributed by atoms with Gasteiger partial charge in [0.05, 0.1) is 0 Å². The second-order valence-electron chi connectivity index (χ2n) is 4.21. The molecule has 1 aromatic heterocycles. The van der Waals surface area contributed by atoms with E-state index in [0.717, 1.165) is 5.82 Å². The quantitative estimate of drug-likeness (QED) is 0.614. The standard InChI is InChI=1S/C9H15N3O/c1-6-10-11-8(12(6)5)7(13)9(2,3)4/h1-5H3. The summed E-state index contributed by atoms with van der Waals surface area (Å²) in [5, 5.41) is 7.69. The van der Waals surface area contributed by atoms with Crippen molar-refractivity contribution >= 4 is 5.78 Å². The molecular formula is C9H15N3O. The molecule has 0 spiro atoms. The number of Topliss-reactive ketones (excluding diaryl/α,β-unsaturated/α-hetero) is 1. The highest BCUT2D eigenvalue weighted by atomic mass is 16.1. The number of carbonyl (C=O) groups excluding carboxylic acids is 1. The largest absolute Gasteiger partial charge is 0.312 e. The van der Waals surface area contributed by atoms with Crippen molar-refractivity contribution in [2.45, 2.75) is 27.7 Å². The number of hydrogen-bond acceptors (Lipinski definition) is 3. The van der Waals surface area contributed by atoms with E-state index >= 15 is 0 Å². The summed E-state index contributed by atoms with van der Waals surface area (Å²) >= 11 is 0. The molecule has 4 nitrogen and oxygen atoms in total. The SMILES string of the molecule is Cc1nnc(C(=O)C(C)(C)C)n1C. The van der Waals surface area contributed by atoms with E-state index in [1.54, 1.807) is 11.6 Å². The predicted octanol–water partition coefficient (Wildman–Crippen LogP) is 1.35.